The molecule has 6 nitrogen and oxygen atoms in total. The van der Waals surface area contributed by atoms with Gasteiger partial charge >= 0.3 is 0 Å². The van der Waals surface area contributed by atoms with E-state index in [0.29, 0.717) is 5.92 Å². The molecule has 2 aliphatic rings. The number of hydrogen-bond acceptors (Lipinski definition) is 6. The predicted molar refractivity (Wildman–Crippen MR) is 86.2 cm³/mol. The van der Waals surface area contributed by atoms with Crippen molar-refractivity contribution in [1.29, 1.82) is 0 Å². The Labute approximate surface area is 140 Å². The molecule has 0 unspecified atom stereocenters. The van der Waals surface area contributed by atoms with Crippen LogP contribution in [0.5, 0.6) is 0 Å². The lowest BCUT2D eigenvalue weighted by atomic mass is 10.1. The lowest BCUT2D eigenvalue weighted by molar-refractivity contribution is 0.0714. The molecule has 0 bridgehead atoms. The normalized spacial score (nSPS) is 23.3. The first-order valence-corrected chi connectivity index (χ1v) is 8.43. The zero-order chi connectivity index (χ0) is 15.8. The summed E-state index contributed by atoms with van der Waals surface area (Å²) in [6.45, 7) is 3.64. The van der Waals surface area contributed by atoms with Gasteiger partial charge in [0.1, 0.15) is 6.04 Å². The van der Waals surface area contributed by atoms with E-state index in [1.807, 2.05) is 6.07 Å². The van der Waals surface area contributed by atoms with E-state index in [1.54, 1.807) is 12.4 Å². The average Bonchev–Trinajstić information content (AvgIpc) is 3.29. The van der Waals surface area contributed by atoms with Crippen molar-refractivity contribution in [3.63, 3.8) is 0 Å². The van der Waals surface area contributed by atoms with Crippen molar-refractivity contribution in [3.05, 3.63) is 40.8 Å². The fourth-order valence-corrected chi connectivity index (χ4v) is 3.18. The molecule has 2 aromatic rings. The van der Waals surface area contributed by atoms with E-state index in [-0.39, 0.29) is 6.04 Å². The Balaban J connectivity index is 1.47. The molecule has 7 heteroatoms. The molecule has 4 rings (SSSR count). The van der Waals surface area contributed by atoms with Crippen LogP contribution >= 0.6 is 11.6 Å². The highest BCUT2D eigenvalue weighted by Gasteiger charge is 2.33. The van der Waals surface area contributed by atoms with E-state index in [9.17, 15) is 0 Å². The summed E-state index contributed by atoms with van der Waals surface area (Å²) in [5.41, 5.74) is 1.11. The van der Waals surface area contributed by atoms with E-state index >= 15 is 0 Å². The SMILES string of the molecule is CN1CCN(Cc2ccncc2Cl)C[C@H]1c1nc(C2CC2)no1. The Morgan fingerprint density at radius 2 is 2.22 bits per heavy atom. The second-order valence-electron chi connectivity index (χ2n) is 6.46. The Morgan fingerprint density at radius 1 is 1.35 bits per heavy atom. The van der Waals surface area contributed by atoms with Gasteiger partial charge in [0.2, 0.25) is 5.89 Å². The standard InChI is InChI=1S/C16H20ClN5O/c1-21-6-7-22(9-12-4-5-18-8-13(12)17)10-14(21)16-19-15(20-23-16)11-2-3-11/h4-5,8,11,14H,2-3,6-7,9-10H2,1H3/t14-/m0/s1. The Bertz CT molecular complexity index is 687. The highest BCUT2D eigenvalue weighted by molar-refractivity contribution is 6.31. The highest BCUT2D eigenvalue weighted by Crippen LogP contribution is 2.39. The van der Waals surface area contributed by atoms with Crippen LogP contribution in [0, 0.1) is 0 Å². The van der Waals surface area contributed by atoms with E-state index in [2.05, 4.69) is 32.0 Å². The maximum absolute atomic E-state index is 6.23. The minimum absolute atomic E-state index is 0.143. The first kappa shape index (κ1) is 15.1. The molecular formula is C16H20ClN5O. The van der Waals surface area contributed by atoms with Gasteiger partial charge < -0.3 is 4.52 Å². The first-order chi connectivity index (χ1) is 11.2. The molecule has 1 atom stereocenters. The zero-order valence-corrected chi connectivity index (χ0v) is 13.9. The third-order valence-corrected chi connectivity index (χ3v) is 5.01. The van der Waals surface area contributed by atoms with Gasteiger partial charge in [0.25, 0.3) is 0 Å². The summed E-state index contributed by atoms with van der Waals surface area (Å²) in [6.07, 6.45) is 5.86. The number of likely N-dealkylation sites (N-methyl/N-ethyl adjacent to an activating group) is 1. The molecule has 0 aromatic carbocycles. The van der Waals surface area contributed by atoms with Gasteiger partial charge in [-0.25, -0.2) is 0 Å². The average molecular weight is 334 g/mol. The van der Waals surface area contributed by atoms with Crippen LogP contribution in [0.25, 0.3) is 0 Å². The minimum atomic E-state index is 0.143. The summed E-state index contributed by atoms with van der Waals surface area (Å²) >= 11 is 6.23. The second kappa shape index (κ2) is 6.19. The van der Waals surface area contributed by atoms with Crippen LogP contribution in [-0.4, -0.2) is 51.6 Å². The summed E-state index contributed by atoms with van der Waals surface area (Å²) in [5, 5.41) is 4.87. The fourth-order valence-electron chi connectivity index (χ4n) is 3.00. The molecule has 1 aliphatic carbocycles. The molecule has 1 saturated carbocycles. The van der Waals surface area contributed by atoms with Gasteiger partial charge in [0.15, 0.2) is 5.82 Å². The molecule has 0 spiro atoms. The van der Waals surface area contributed by atoms with Crippen LogP contribution < -0.4 is 0 Å². The monoisotopic (exact) mass is 333 g/mol. The maximum Gasteiger partial charge on any atom is 0.245 e. The van der Waals surface area contributed by atoms with Gasteiger partial charge in [-0.1, -0.05) is 16.8 Å². The van der Waals surface area contributed by atoms with E-state index < -0.39 is 0 Å². The minimum Gasteiger partial charge on any atom is -0.338 e. The van der Waals surface area contributed by atoms with Crippen LogP contribution in [0.3, 0.4) is 0 Å². The fraction of sp³-hybridized carbons (Fsp3) is 0.562. The molecule has 1 saturated heterocycles. The molecule has 0 N–H and O–H groups in total. The maximum atomic E-state index is 6.23. The summed E-state index contributed by atoms with van der Waals surface area (Å²) in [7, 11) is 2.11. The van der Waals surface area contributed by atoms with Crippen molar-refractivity contribution in [2.24, 2.45) is 0 Å². The van der Waals surface area contributed by atoms with Gasteiger partial charge in [-0.15, -0.1) is 0 Å². The Hall–Kier alpha value is -1.50. The van der Waals surface area contributed by atoms with Gasteiger partial charge in [-0.05, 0) is 31.5 Å². The highest BCUT2D eigenvalue weighted by atomic mass is 35.5. The van der Waals surface area contributed by atoms with Crippen molar-refractivity contribution < 1.29 is 4.52 Å². The summed E-state index contributed by atoms with van der Waals surface area (Å²) < 4.78 is 5.53. The van der Waals surface area contributed by atoms with Crippen molar-refractivity contribution >= 4 is 11.6 Å². The molecule has 2 aromatic heterocycles. The molecule has 3 heterocycles. The Morgan fingerprint density at radius 3 is 3.00 bits per heavy atom. The lowest BCUT2D eigenvalue weighted by Gasteiger charge is -2.37. The van der Waals surface area contributed by atoms with E-state index in [1.165, 1.54) is 12.8 Å². The van der Waals surface area contributed by atoms with E-state index in [4.69, 9.17) is 16.1 Å². The van der Waals surface area contributed by atoms with Crippen LogP contribution in [0.15, 0.2) is 23.0 Å². The van der Waals surface area contributed by atoms with Crippen molar-refractivity contribution in [2.45, 2.75) is 31.3 Å². The van der Waals surface area contributed by atoms with E-state index in [0.717, 1.165) is 48.5 Å². The number of aromatic nitrogens is 3. The third kappa shape index (κ3) is 3.24. The molecule has 1 aliphatic heterocycles. The van der Waals surface area contributed by atoms with Crippen molar-refractivity contribution in [3.8, 4) is 0 Å². The summed E-state index contributed by atoms with van der Waals surface area (Å²) in [6, 6.07) is 2.12. The first-order valence-electron chi connectivity index (χ1n) is 8.05. The molecule has 0 radical (unpaired) electrons. The molecular weight excluding hydrogens is 314 g/mol. The van der Waals surface area contributed by atoms with Gasteiger partial charge in [0, 0.05) is 44.5 Å². The summed E-state index contributed by atoms with van der Waals surface area (Å²) in [5.74, 6) is 2.13. The number of piperazine rings is 1. The predicted octanol–water partition coefficient (Wildman–Crippen LogP) is 2.48. The molecule has 2 fully saturated rings. The third-order valence-electron chi connectivity index (χ3n) is 4.67. The number of nitrogens with zero attached hydrogens (tertiary/aromatic N) is 5. The van der Waals surface area contributed by atoms with Gasteiger partial charge in [-0.2, -0.15) is 4.98 Å². The smallest absolute Gasteiger partial charge is 0.245 e. The van der Waals surface area contributed by atoms with Crippen LogP contribution in [0.2, 0.25) is 5.02 Å². The largest absolute Gasteiger partial charge is 0.338 e. The molecule has 23 heavy (non-hydrogen) atoms. The topological polar surface area (TPSA) is 58.3 Å². The van der Waals surface area contributed by atoms with Crippen LogP contribution in [0.4, 0.5) is 0 Å². The summed E-state index contributed by atoms with van der Waals surface area (Å²) in [4.78, 5) is 13.3. The van der Waals surface area contributed by atoms with Gasteiger partial charge in [0.05, 0.1) is 5.02 Å². The Kier molecular flexibility index (Phi) is 4.05. The quantitative estimate of drug-likeness (QED) is 0.856. The zero-order valence-electron chi connectivity index (χ0n) is 13.2. The molecule has 122 valence electrons. The van der Waals surface area contributed by atoms with Crippen molar-refractivity contribution in [1.82, 2.24) is 24.9 Å². The van der Waals surface area contributed by atoms with Gasteiger partial charge in [-0.3, -0.25) is 14.8 Å². The number of halogens is 1. The lowest BCUT2D eigenvalue weighted by Crippen LogP contribution is -2.46. The van der Waals surface area contributed by atoms with Crippen LogP contribution in [-0.2, 0) is 6.54 Å². The molecule has 0 amide bonds. The second-order valence-corrected chi connectivity index (χ2v) is 6.87. The van der Waals surface area contributed by atoms with Crippen LogP contribution in [0.1, 0.15) is 42.1 Å². The number of pyridine rings is 1. The number of rotatable bonds is 4. The number of hydrogen-bond donors (Lipinski definition) is 0. The van der Waals surface area contributed by atoms with Crippen molar-refractivity contribution in [2.75, 3.05) is 26.7 Å².